The second-order valence-electron chi connectivity index (χ2n) is 6.43. The van der Waals surface area contributed by atoms with Crippen molar-refractivity contribution in [3.8, 4) is 0 Å². The van der Waals surface area contributed by atoms with Gasteiger partial charge in [-0.05, 0) is 44.2 Å². The Hall–Kier alpha value is -2.45. The monoisotopic (exact) mass is 378 g/mol. The molecule has 0 unspecified atom stereocenters. The molecule has 7 N–H and O–H groups in total. The lowest BCUT2D eigenvalue weighted by atomic mass is 10.0. The first-order valence-corrected chi connectivity index (χ1v) is 9.23. The molecule has 1 aromatic rings. The van der Waals surface area contributed by atoms with Crippen LogP contribution >= 0.6 is 0 Å². The third-order valence-corrected chi connectivity index (χ3v) is 4.08. The van der Waals surface area contributed by atoms with E-state index in [1.807, 2.05) is 30.3 Å². The van der Waals surface area contributed by atoms with Crippen molar-refractivity contribution in [2.75, 3.05) is 13.1 Å². The van der Waals surface area contributed by atoms with Crippen LogP contribution in [0.25, 0.3) is 0 Å². The second kappa shape index (κ2) is 12.8. The average Bonchev–Trinajstić information content (AvgIpc) is 2.64. The minimum absolute atomic E-state index is 0.0214. The number of carbonyl (C=O) groups is 3. The van der Waals surface area contributed by atoms with E-state index in [1.165, 1.54) is 0 Å². The molecule has 0 aliphatic carbocycles. The number of carboxylic acids is 1. The van der Waals surface area contributed by atoms with Crippen LogP contribution in [-0.4, -0.2) is 48.1 Å². The first-order chi connectivity index (χ1) is 12.9. The first-order valence-electron chi connectivity index (χ1n) is 9.23. The van der Waals surface area contributed by atoms with Crippen molar-refractivity contribution in [2.45, 2.75) is 50.6 Å². The highest BCUT2D eigenvalue weighted by Crippen LogP contribution is 2.05. The number of hydrogen-bond donors (Lipinski definition) is 5. The quantitative estimate of drug-likeness (QED) is 0.309. The molecule has 1 rings (SSSR count). The van der Waals surface area contributed by atoms with E-state index in [2.05, 4.69) is 10.6 Å². The standard InChI is InChI=1S/C19H30N4O4/c20-11-5-4-9-16(19(27)22-12-6-10-17(24)25)23-18(26)15(21)13-14-7-2-1-3-8-14/h1-3,7-8,15-16H,4-6,9-13,20-21H2,(H,22,27)(H,23,26)(H,24,25)/t15-,16-/m0/s1. The third-order valence-electron chi connectivity index (χ3n) is 4.08. The van der Waals surface area contributed by atoms with Crippen molar-refractivity contribution >= 4 is 17.8 Å². The van der Waals surface area contributed by atoms with Gasteiger partial charge in [-0.3, -0.25) is 14.4 Å². The molecule has 0 radical (unpaired) electrons. The predicted octanol–water partition coefficient (Wildman–Crippen LogP) is 0.151. The number of amides is 2. The Morgan fingerprint density at radius 3 is 2.37 bits per heavy atom. The van der Waals surface area contributed by atoms with E-state index in [1.54, 1.807) is 0 Å². The summed E-state index contributed by atoms with van der Waals surface area (Å²) in [5.74, 6) is -1.64. The molecule has 2 atom stereocenters. The molecule has 0 heterocycles. The molecule has 1 aromatic carbocycles. The molecular formula is C19H30N4O4. The Bertz CT molecular complexity index is 595. The maximum absolute atomic E-state index is 12.4. The highest BCUT2D eigenvalue weighted by atomic mass is 16.4. The van der Waals surface area contributed by atoms with Crippen LogP contribution in [0.2, 0.25) is 0 Å². The van der Waals surface area contributed by atoms with E-state index in [-0.39, 0.29) is 18.9 Å². The summed E-state index contributed by atoms with van der Waals surface area (Å²) >= 11 is 0. The summed E-state index contributed by atoms with van der Waals surface area (Å²) < 4.78 is 0. The molecular weight excluding hydrogens is 348 g/mol. The maximum Gasteiger partial charge on any atom is 0.303 e. The number of rotatable bonds is 13. The Morgan fingerprint density at radius 2 is 1.74 bits per heavy atom. The van der Waals surface area contributed by atoms with Gasteiger partial charge in [0, 0.05) is 13.0 Å². The Balaban J connectivity index is 2.56. The van der Waals surface area contributed by atoms with E-state index in [9.17, 15) is 14.4 Å². The molecule has 0 saturated carbocycles. The maximum atomic E-state index is 12.4. The summed E-state index contributed by atoms with van der Waals surface area (Å²) in [6.07, 6.45) is 2.57. The van der Waals surface area contributed by atoms with Crippen molar-refractivity contribution in [3.63, 3.8) is 0 Å². The van der Waals surface area contributed by atoms with Gasteiger partial charge in [-0.25, -0.2) is 0 Å². The van der Waals surface area contributed by atoms with Gasteiger partial charge in [0.2, 0.25) is 11.8 Å². The summed E-state index contributed by atoms with van der Waals surface area (Å²) in [6, 6.07) is 7.94. The molecule has 8 nitrogen and oxygen atoms in total. The Kier molecular flexibility index (Phi) is 10.7. The van der Waals surface area contributed by atoms with Gasteiger partial charge in [0.05, 0.1) is 6.04 Å². The number of unbranched alkanes of at least 4 members (excludes halogenated alkanes) is 1. The number of nitrogens with one attached hydrogen (secondary N) is 2. The minimum atomic E-state index is -0.913. The van der Waals surface area contributed by atoms with Gasteiger partial charge < -0.3 is 27.2 Å². The zero-order valence-electron chi connectivity index (χ0n) is 15.5. The highest BCUT2D eigenvalue weighted by Gasteiger charge is 2.23. The topological polar surface area (TPSA) is 148 Å². The zero-order valence-corrected chi connectivity index (χ0v) is 15.5. The van der Waals surface area contributed by atoms with Gasteiger partial charge in [0.25, 0.3) is 0 Å². The molecule has 150 valence electrons. The highest BCUT2D eigenvalue weighted by molar-refractivity contribution is 5.89. The van der Waals surface area contributed by atoms with Gasteiger partial charge in [0.15, 0.2) is 0 Å². The number of hydrogen-bond acceptors (Lipinski definition) is 5. The van der Waals surface area contributed by atoms with Crippen LogP contribution in [0.1, 0.15) is 37.7 Å². The third kappa shape index (κ3) is 9.72. The van der Waals surface area contributed by atoms with E-state index >= 15 is 0 Å². The van der Waals surface area contributed by atoms with Gasteiger partial charge in [-0.2, -0.15) is 0 Å². The van der Waals surface area contributed by atoms with Gasteiger partial charge >= 0.3 is 5.97 Å². The Morgan fingerprint density at radius 1 is 1.04 bits per heavy atom. The molecule has 0 fully saturated rings. The van der Waals surface area contributed by atoms with Crippen LogP contribution in [0.3, 0.4) is 0 Å². The summed E-state index contributed by atoms with van der Waals surface area (Å²) in [5.41, 5.74) is 12.4. The average molecular weight is 378 g/mol. The Labute approximate surface area is 159 Å². The SMILES string of the molecule is NCCCC[C@H](NC(=O)[C@@H](N)Cc1ccccc1)C(=O)NCCCC(=O)O. The fourth-order valence-corrected chi connectivity index (χ4v) is 2.58. The van der Waals surface area contributed by atoms with Crippen molar-refractivity contribution in [2.24, 2.45) is 11.5 Å². The number of aliphatic carboxylic acids is 1. The van der Waals surface area contributed by atoms with Crippen LogP contribution in [0.4, 0.5) is 0 Å². The van der Waals surface area contributed by atoms with Crippen LogP contribution in [0.5, 0.6) is 0 Å². The zero-order chi connectivity index (χ0) is 20.1. The largest absolute Gasteiger partial charge is 0.481 e. The molecule has 0 aliphatic heterocycles. The molecule has 27 heavy (non-hydrogen) atoms. The fourth-order valence-electron chi connectivity index (χ4n) is 2.58. The number of nitrogens with two attached hydrogens (primary N) is 2. The number of benzene rings is 1. The summed E-state index contributed by atoms with van der Waals surface area (Å²) in [4.78, 5) is 35.3. The van der Waals surface area contributed by atoms with Crippen molar-refractivity contribution in [3.05, 3.63) is 35.9 Å². The fraction of sp³-hybridized carbons (Fsp3) is 0.526. The van der Waals surface area contributed by atoms with Crippen LogP contribution in [-0.2, 0) is 20.8 Å². The van der Waals surface area contributed by atoms with E-state index in [0.717, 1.165) is 12.0 Å². The number of carboxylic acid groups (broad SMARTS) is 1. The van der Waals surface area contributed by atoms with E-state index in [4.69, 9.17) is 16.6 Å². The van der Waals surface area contributed by atoms with Gasteiger partial charge in [0.1, 0.15) is 6.04 Å². The van der Waals surface area contributed by atoms with E-state index in [0.29, 0.717) is 32.2 Å². The summed E-state index contributed by atoms with van der Waals surface area (Å²) in [6.45, 7) is 0.749. The normalized spacial score (nSPS) is 12.8. The second-order valence-corrected chi connectivity index (χ2v) is 6.43. The van der Waals surface area contributed by atoms with Crippen molar-refractivity contribution in [1.82, 2.24) is 10.6 Å². The summed E-state index contributed by atoms with van der Waals surface area (Å²) in [5, 5.41) is 14.0. The smallest absolute Gasteiger partial charge is 0.303 e. The molecule has 8 heteroatoms. The molecule has 0 bridgehead atoms. The lowest BCUT2D eigenvalue weighted by Crippen LogP contribution is -2.52. The first kappa shape index (κ1) is 22.6. The van der Waals surface area contributed by atoms with Crippen molar-refractivity contribution < 1.29 is 19.5 Å². The number of carbonyl (C=O) groups excluding carboxylic acids is 2. The molecule has 0 saturated heterocycles. The summed E-state index contributed by atoms with van der Waals surface area (Å²) in [7, 11) is 0. The van der Waals surface area contributed by atoms with Gasteiger partial charge in [-0.1, -0.05) is 30.3 Å². The molecule has 0 aromatic heterocycles. The minimum Gasteiger partial charge on any atom is -0.481 e. The van der Waals surface area contributed by atoms with Crippen LogP contribution < -0.4 is 22.1 Å². The molecule has 0 aliphatic rings. The predicted molar refractivity (Wildman–Crippen MR) is 103 cm³/mol. The van der Waals surface area contributed by atoms with Gasteiger partial charge in [-0.15, -0.1) is 0 Å². The molecule has 0 spiro atoms. The van der Waals surface area contributed by atoms with Crippen LogP contribution in [0, 0.1) is 0 Å². The van der Waals surface area contributed by atoms with Crippen LogP contribution in [0.15, 0.2) is 30.3 Å². The molecule has 2 amide bonds. The van der Waals surface area contributed by atoms with Crippen molar-refractivity contribution in [1.29, 1.82) is 0 Å². The lowest BCUT2D eigenvalue weighted by Gasteiger charge is -2.21. The lowest BCUT2D eigenvalue weighted by molar-refractivity contribution is -0.137. The van der Waals surface area contributed by atoms with E-state index < -0.39 is 24.0 Å².